The van der Waals surface area contributed by atoms with Crippen molar-refractivity contribution in [2.45, 2.75) is 44.4 Å². The van der Waals surface area contributed by atoms with E-state index >= 15 is 0 Å². The molecule has 9 heteroatoms. The summed E-state index contributed by atoms with van der Waals surface area (Å²) >= 11 is 0. The Bertz CT molecular complexity index is 619. The highest BCUT2D eigenvalue weighted by atomic mass is 19.4. The van der Waals surface area contributed by atoms with E-state index in [0.717, 1.165) is 0 Å². The van der Waals surface area contributed by atoms with E-state index in [2.05, 4.69) is 16.0 Å². The number of alkyl halides is 3. The summed E-state index contributed by atoms with van der Waals surface area (Å²) in [5.41, 5.74) is 0.686. The fraction of sp³-hybridized carbons (Fsp3) is 0.529. The molecule has 1 saturated carbocycles. The molecule has 1 aliphatic rings. The predicted octanol–water partition coefficient (Wildman–Crippen LogP) is 2.86. The molecule has 0 aliphatic heterocycles. The summed E-state index contributed by atoms with van der Waals surface area (Å²) in [7, 11) is 0. The van der Waals surface area contributed by atoms with Gasteiger partial charge >= 0.3 is 12.2 Å². The van der Waals surface area contributed by atoms with Crippen LogP contribution in [0.25, 0.3) is 0 Å². The maximum absolute atomic E-state index is 12.8. The minimum absolute atomic E-state index is 0.0832. The zero-order chi connectivity index (χ0) is 19.2. The van der Waals surface area contributed by atoms with E-state index in [9.17, 15) is 27.2 Å². The van der Waals surface area contributed by atoms with Crippen LogP contribution < -0.4 is 16.0 Å². The predicted molar refractivity (Wildman–Crippen MR) is 86.6 cm³/mol. The smallest absolute Gasteiger partial charge is 0.352 e. The second kappa shape index (κ2) is 8.86. The standard InChI is InChI=1S/C17H21F4N3O2/c18-13-6-4-11(5-7-13)9-22-16(26)23-10-15(25)24-14-3-1-2-12(8-14)17(19,20)21/h4-7,12,14H,1-3,8-10H2,(H,24,25)(H2,22,23,26). The van der Waals surface area contributed by atoms with Gasteiger partial charge in [0.2, 0.25) is 5.91 Å². The molecule has 1 aromatic rings. The summed E-state index contributed by atoms with van der Waals surface area (Å²) in [5, 5.41) is 7.37. The van der Waals surface area contributed by atoms with Gasteiger partial charge in [0.05, 0.1) is 12.5 Å². The SMILES string of the molecule is O=C(CNC(=O)NCc1ccc(F)cc1)NC1CCCC(C(F)(F)F)C1. The lowest BCUT2D eigenvalue weighted by Crippen LogP contribution is -2.46. The molecular formula is C17H21F4N3O2. The Labute approximate surface area is 148 Å². The first-order valence-corrected chi connectivity index (χ1v) is 8.36. The number of hydrogen-bond donors (Lipinski definition) is 3. The van der Waals surface area contributed by atoms with Gasteiger partial charge in [0.15, 0.2) is 0 Å². The zero-order valence-electron chi connectivity index (χ0n) is 14.0. The Kier molecular flexibility index (Phi) is 6.82. The fourth-order valence-electron chi connectivity index (χ4n) is 2.90. The number of carbonyl (C=O) groups excluding carboxylic acids is 2. The molecule has 1 fully saturated rings. The van der Waals surface area contributed by atoms with E-state index in [-0.39, 0.29) is 31.7 Å². The van der Waals surface area contributed by atoms with Crippen LogP contribution in [0.2, 0.25) is 0 Å². The quantitative estimate of drug-likeness (QED) is 0.693. The Morgan fingerprint density at radius 2 is 1.77 bits per heavy atom. The van der Waals surface area contributed by atoms with Crippen LogP contribution in [0.15, 0.2) is 24.3 Å². The topological polar surface area (TPSA) is 70.2 Å². The monoisotopic (exact) mass is 375 g/mol. The zero-order valence-corrected chi connectivity index (χ0v) is 14.0. The average Bonchev–Trinajstić information content (AvgIpc) is 2.59. The van der Waals surface area contributed by atoms with Crippen LogP contribution in [0.4, 0.5) is 22.4 Å². The van der Waals surface area contributed by atoms with E-state index in [1.165, 1.54) is 24.3 Å². The first-order valence-electron chi connectivity index (χ1n) is 8.36. The number of carbonyl (C=O) groups is 2. The van der Waals surface area contributed by atoms with Crippen molar-refractivity contribution in [2.24, 2.45) is 5.92 Å². The summed E-state index contributed by atoms with van der Waals surface area (Å²) in [6, 6.07) is 4.43. The summed E-state index contributed by atoms with van der Waals surface area (Å²) < 4.78 is 51.0. The molecular weight excluding hydrogens is 354 g/mol. The van der Waals surface area contributed by atoms with Crippen LogP contribution in [0.5, 0.6) is 0 Å². The van der Waals surface area contributed by atoms with Gasteiger partial charge in [-0.25, -0.2) is 9.18 Å². The Hall–Kier alpha value is -2.32. The molecule has 2 unspecified atom stereocenters. The third-order valence-corrected chi connectivity index (χ3v) is 4.28. The lowest BCUT2D eigenvalue weighted by molar-refractivity contribution is -0.184. The number of urea groups is 1. The minimum atomic E-state index is -4.25. The van der Waals surface area contributed by atoms with Gasteiger partial charge in [-0.2, -0.15) is 13.2 Å². The molecule has 0 aromatic heterocycles. The van der Waals surface area contributed by atoms with Gasteiger partial charge in [-0.05, 0) is 37.0 Å². The second-order valence-electron chi connectivity index (χ2n) is 6.33. The van der Waals surface area contributed by atoms with Gasteiger partial charge in [-0.15, -0.1) is 0 Å². The molecule has 5 nitrogen and oxygen atoms in total. The van der Waals surface area contributed by atoms with Crippen LogP contribution in [-0.2, 0) is 11.3 Å². The third-order valence-electron chi connectivity index (χ3n) is 4.28. The van der Waals surface area contributed by atoms with Crippen LogP contribution >= 0.6 is 0 Å². The molecule has 3 N–H and O–H groups in total. The minimum Gasteiger partial charge on any atom is -0.352 e. The molecule has 0 saturated heterocycles. The molecule has 0 radical (unpaired) electrons. The first kappa shape index (κ1) is 20.0. The maximum atomic E-state index is 12.8. The van der Waals surface area contributed by atoms with Gasteiger partial charge in [0.25, 0.3) is 0 Å². The normalized spacial score (nSPS) is 20.3. The lowest BCUT2D eigenvalue weighted by Gasteiger charge is -2.31. The fourth-order valence-corrected chi connectivity index (χ4v) is 2.90. The molecule has 0 heterocycles. The first-order chi connectivity index (χ1) is 12.2. The molecule has 1 aliphatic carbocycles. The third kappa shape index (κ3) is 6.53. The largest absolute Gasteiger partial charge is 0.391 e. The van der Waals surface area contributed by atoms with Crippen molar-refractivity contribution in [3.8, 4) is 0 Å². The van der Waals surface area contributed by atoms with E-state index in [1.54, 1.807) is 0 Å². The molecule has 2 atom stereocenters. The van der Waals surface area contributed by atoms with Crippen LogP contribution in [0.1, 0.15) is 31.2 Å². The highest BCUT2D eigenvalue weighted by Crippen LogP contribution is 2.37. The van der Waals surface area contributed by atoms with Crippen molar-refractivity contribution in [1.29, 1.82) is 0 Å². The summed E-state index contributed by atoms with van der Waals surface area (Å²) in [6.07, 6.45) is -3.40. The van der Waals surface area contributed by atoms with Crippen LogP contribution in [0, 0.1) is 11.7 Å². The molecule has 0 bridgehead atoms. The van der Waals surface area contributed by atoms with E-state index < -0.39 is 30.1 Å². The van der Waals surface area contributed by atoms with E-state index in [1.807, 2.05) is 0 Å². The average molecular weight is 375 g/mol. The number of rotatable bonds is 5. The highest BCUT2D eigenvalue weighted by Gasteiger charge is 2.42. The van der Waals surface area contributed by atoms with E-state index in [4.69, 9.17) is 0 Å². The summed E-state index contributed by atoms with van der Waals surface area (Å²) in [5.74, 6) is -2.31. The van der Waals surface area contributed by atoms with Gasteiger partial charge in [-0.3, -0.25) is 4.79 Å². The van der Waals surface area contributed by atoms with Gasteiger partial charge in [0, 0.05) is 12.6 Å². The van der Waals surface area contributed by atoms with Crippen molar-refractivity contribution in [2.75, 3.05) is 6.54 Å². The number of benzene rings is 1. The second-order valence-corrected chi connectivity index (χ2v) is 6.33. The van der Waals surface area contributed by atoms with Crippen molar-refractivity contribution in [1.82, 2.24) is 16.0 Å². The van der Waals surface area contributed by atoms with Crippen molar-refractivity contribution in [3.05, 3.63) is 35.6 Å². The molecule has 144 valence electrons. The molecule has 26 heavy (non-hydrogen) atoms. The van der Waals surface area contributed by atoms with Crippen LogP contribution in [-0.4, -0.2) is 30.7 Å². The van der Waals surface area contributed by atoms with Crippen molar-refractivity contribution in [3.63, 3.8) is 0 Å². The Balaban J connectivity index is 1.67. The lowest BCUT2D eigenvalue weighted by atomic mass is 9.85. The van der Waals surface area contributed by atoms with Gasteiger partial charge in [0.1, 0.15) is 5.82 Å². The molecule has 2 rings (SSSR count). The van der Waals surface area contributed by atoms with Crippen LogP contribution in [0.3, 0.4) is 0 Å². The van der Waals surface area contributed by atoms with Gasteiger partial charge in [-0.1, -0.05) is 18.6 Å². The highest BCUT2D eigenvalue weighted by molar-refractivity contribution is 5.84. The van der Waals surface area contributed by atoms with Crippen molar-refractivity contribution < 1.29 is 27.2 Å². The number of hydrogen-bond acceptors (Lipinski definition) is 2. The number of halogens is 4. The van der Waals surface area contributed by atoms with Crippen molar-refractivity contribution >= 4 is 11.9 Å². The molecule has 0 spiro atoms. The summed E-state index contributed by atoms with van der Waals surface area (Å²) in [4.78, 5) is 23.4. The Morgan fingerprint density at radius 1 is 1.08 bits per heavy atom. The van der Waals surface area contributed by atoms with E-state index in [0.29, 0.717) is 18.4 Å². The molecule has 1 aromatic carbocycles. The maximum Gasteiger partial charge on any atom is 0.391 e. The Morgan fingerprint density at radius 3 is 2.42 bits per heavy atom. The number of nitrogens with one attached hydrogen (secondary N) is 3. The molecule has 3 amide bonds. The number of amides is 3. The van der Waals surface area contributed by atoms with Gasteiger partial charge < -0.3 is 16.0 Å². The summed E-state index contributed by atoms with van der Waals surface area (Å²) in [6.45, 7) is -0.175.